The van der Waals surface area contributed by atoms with Crippen LogP contribution in [0.1, 0.15) is 36.3 Å². The number of nitrogens with one attached hydrogen (secondary N) is 2. The fourth-order valence-corrected chi connectivity index (χ4v) is 2.75. The van der Waals surface area contributed by atoms with Gasteiger partial charge in [-0.15, -0.1) is 0 Å². The number of amides is 1. The first-order valence-corrected chi connectivity index (χ1v) is 7.86. The van der Waals surface area contributed by atoms with Crippen LogP contribution in [0.3, 0.4) is 0 Å². The number of aliphatic hydroxyl groups is 1. The molecule has 0 saturated carbocycles. The number of aromatic amines is 1. The van der Waals surface area contributed by atoms with E-state index in [9.17, 15) is 9.90 Å². The van der Waals surface area contributed by atoms with Gasteiger partial charge in [0.25, 0.3) is 5.91 Å². The van der Waals surface area contributed by atoms with E-state index in [2.05, 4.69) is 15.5 Å². The van der Waals surface area contributed by atoms with Gasteiger partial charge in [-0.3, -0.25) is 9.89 Å². The van der Waals surface area contributed by atoms with E-state index >= 15 is 0 Å². The van der Waals surface area contributed by atoms with Crippen molar-refractivity contribution in [1.29, 1.82) is 0 Å². The Morgan fingerprint density at radius 2 is 2.26 bits per heavy atom. The largest absolute Gasteiger partial charge is 0.488 e. The highest BCUT2D eigenvalue weighted by molar-refractivity contribution is 5.96. The van der Waals surface area contributed by atoms with Crippen LogP contribution in [0.15, 0.2) is 24.3 Å². The second-order valence-corrected chi connectivity index (χ2v) is 5.86. The summed E-state index contributed by atoms with van der Waals surface area (Å²) in [4.78, 5) is 12.5. The lowest BCUT2D eigenvalue weighted by molar-refractivity contribution is 0.0884. The van der Waals surface area contributed by atoms with Gasteiger partial charge in [0.15, 0.2) is 0 Å². The molecule has 0 spiro atoms. The van der Waals surface area contributed by atoms with E-state index in [1.54, 1.807) is 0 Å². The van der Waals surface area contributed by atoms with E-state index in [0.29, 0.717) is 12.3 Å². The summed E-state index contributed by atoms with van der Waals surface area (Å²) in [5, 5.41) is 19.5. The highest BCUT2D eigenvalue weighted by atomic mass is 16.5. The van der Waals surface area contributed by atoms with Crippen molar-refractivity contribution in [3.63, 3.8) is 0 Å². The first-order valence-electron chi connectivity index (χ1n) is 7.86. The van der Waals surface area contributed by atoms with Gasteiger partial charge in [0.05, 0.1) is 12.6 Å². The number of benzene rings is 1. The van der Waals surface area contributed by atoms with Crippen LogP contribution in [0.25, 0.3) is 11.3 Å². The maximum Gasteiger partial charge on any atom is 0.270 e. The Balaban J connectivity index is 1.86. The van der Waals surface area contributed by atoms with Crippen LogP contribution < -0.4 is 10.1 Å². The molecule has 122 valence electrons. The van der Waals surface area contributed by atoms with Crippen LogP contribution in [-0.2, 0) is 6.61 Å². The van der Waals surface area contributed by atoms with Gasteiger partial charge in [0.2, 0.25) is 0 Å². The van der Waals surface area contributed by atoms with Gasteiger partial charge < -0.3 is 15.2 Å². The van der Waals surface area contributed by atoms with Crippen molar-refractivity contribution in [2.24, 2.45) is 5.92 Å². The lowest BCUT2D eigenvalue weighted by atomic mass is 9.99. The number of fused-ring (bicyclic) bond motifs is 3. The number of aromatic nitrogens is 2. The number of aliphatic hydroxyl groups excluding tert-OH is 1. The Morgan fingerprint density at radius 1 is 1.48 bits per heavy atom. The van der Waals surface area contributed by atoms with Crippen molar-refractivity contribution in [3.8, 4) is 17.0 Å². The Hall–Kier alpha value is -2.34. The maximum atomic E-state index is 12.5. The molecule has 1 aliphatic heterocycles. The van der Waals surface area contributed by atoms with Crippen LogP contribution in [0.4, 0.5) is 0 Å². The Kier molecular flexibility index (Phi) is 4.34. The van der Waals surface area contributed by atoms with Crippen molar-refractivity contribution in [1.82, 2.24) is 15.5 Å². The van der Waals surface area contributed by atoms with Crippen LogP contribution in [0, 0.1) is 5.92 Å². The highest BCUT2D eigenvalue weighted by Crippen LogP contribution is 2.36. The standard InChI is InChI=1S/C17H21N3O3/c1-3-10(2)13(8-21)18-17(22)16-12-9-23-14-7-5-4-6-11(14)15(12)19-20-16/h4-7,10,13,21H,3,8-9H2,1-2H3,(H,18,22)(H,19,20). The van der Waals surface area contributed by atoms with Gasteiger partial charge in [0.1, 0.15) is 23.7 Å². The molecule has 3 N–H and O–H groups in total. The second kappa shape index (κ2) is 6.42. The molecule has 1 aliphatic rings. The van der Waals surface area contributed by atoms with Crippen LogP contribution in [-0.4, -0.2) is 33.9 Å². The molecule has 0 saturated heterocycles. The third kappa shape index (κ3) is 2.82. The zero-order valence-corrected chi connectivity index (χ0v) is 13.3. The lowest BCUT2D eigenvalue weighted by Crippen LogP contribution is -2.42. The molecule has 6 heteroatoms. The first kappa shape index (κ1) is 15.6. The van der Waals surface area contributed by atoms with Crippen molar-refractivity contribution in [2.45, 2.75) is 32.9 Å². The minimum absolute atomic E-state index is 0.0869. The molecule has 3 rings (SSSR count). The fraction of sp³-hybridized carbons (Fsp3) is 0.412. The quantitative estimate of drug-likeness (QED) is 0.788. The van der Waals surface area contributed by atoms with Gasteiger partial charge in [-0.25, -0.2) is 0 Å². The van der Waals surface area contributed by atoms with Gasteiger partial charge in [-0.2, -0.15) is 5.10 Å². The van der Waals surface area contributed by atoms with Gasteiger partial charge in [0, 0.05) is 11.1 Å². The normalized spacial score (nSPS) is 15.1. The number of carbonyl (C=O) groups excluding carboxylic acids is 1. The number of hydrogen-bond acceptors (Lipinski definition) is 4. The first-order chi connectivity index (χ1) is 11.2. The second-order valence-electron chi connectivity index (χ2n) is 5.86. The Labute approximate surface area is 134 Å². The molecule has 0 fully saturated rings. The van der Waals surface area contributed by atoms with E-state index in [0.717, 1.165) is 29.0 Å². The topological polar surface area (TPSA) is 87.2 Å². The molecule has 1 aromatic heterocycles. The Bertz CT molecular complexity index is 711. The molecule has 0 radical (unpaired) electrons. The molecule has 1 aromatic carbocycles. The maximum absolute atomic E-state index is 12.5. The lowest BCUT2D eigenvalue weighted by Gasteiger charge is -2.22. The summed E-state index contributed by atoms with van der Waals surface area (Å²) in [6, 6.07) is 7.35. The van der Waals surface area contributed by atoms with Crippen LogP contribution in [0.5, 0.6) is 5.75 Å². The van der Waals surface area contributed by atoms with Gasteiger partial charge in [-0.1, -0.05) is 32.4 Å². The zero-order valence-electron chi connectivity index (χ0n) is 13.3. The minimum Gasteiger partial charge on any atom is -0.488 e. The van der Waals surface area contributed by atoms with Crippen molar-refractivity contribution in [3.05, 3.63) is 35.5 Å². The van der Waals surface area contributed by atoms with E-state index in [1.807, 2.05) is 38.1 Å². The van der Waals surface area contributed by atoms with Gasteiger partial charge in [-0.05, 0) is 18.1 Å². The van der Waals surface area contributed by atoms with Crippen molar-refractivity contribution >= 4 is 5.91 Å². The molecule has 2 atom stereocenters. The molecule has 2 heterocycles. The van der Waals surface area contributed by atoms with E-state index in [4.69, 9.17) is 4.74 Å². The number of hydrogen-bond donors (Lipinski definition) is 3. The molecular formula is C17H21N3O3. The monoisotopic (exact) mass is 315 g/mol. The predicted molar refractivity (Wildman–Crippen MR) is 86.2 cm³/mol. The number of H-pyrrole nitrogens is 1. The third-order valence-corrected chi connectivity index (χ3v) is 4.45. The van der Waals surface area contributed by atoms with Gasteiger partial charge >= 0.3 is 0 Å². The van der Waals surface area contributed by atoms with Crippen molar-refractivity contribution in [2.75, 3.05) is 6.61 Å². The molecule has 6 nitrogen and oxygen atoms in total. The minimum atomic E-state index is -0.275. The van der Waals surface area contributed by atoms with Crippen molar-refractivity contribution < 1.29 is 14.6 Å². The number of rotatable bonds is 5. The average Bonchev–Trinajstić information content (AvgIpc) is 3.03. The van der Waals surface area contributed by atoms with Crippen LogP contribution in [0.2, 0.25) is 0 Å². The number of nitrogens with zero attached hydrogens (tertiary/aromatic N) is 1. The Morgan fingerprint density at radius 3 is 3.00 bits per heavy atom. The molecular weight excluding hydrogens is 294 g/mol. The number of ether oxygens (including phenoxy) is 1. The summed E-state index contributed by atoms with van der Waals surface area (Å²) in [5.41, 5.74) is 2.78. The van der Waals surface area contributed by atoms with Crippen LogP contribution >= 0.6 is 0 Å². The van der Waals surface area contributed by atoms with E-state index in [-0.39, 0.29) is 24.5 Å². The molecule has 0 aliphatic carbocycles. The van der Waals surface area contributed by atoms with E-state index < -0.39 is 0 Å². The van der Waals surface area contributed by atoms with E-state index in [1.165, 1.54) is 0 Å². The summed E-state index contributed by atoms with van der Waals surface area (Å²) in [6.07, 6.45) is 0.878. The smallest absolute Gasteiger partial charge is 0.270 e. The number of para-hydroxylation sites is 1. The average molecular weight is 315 g/mol. The molecule has 23 heavy (non-hydrogen) atoms. The molecule has 1 amide bonds. The third-order valence-electron chi connectivity index (χ3n) is 4.45. The molecule has 0 bridgehead atoms. The summed E-state index contributed by atoms with van der Waals surface area (Å²) in [5.74, 6) is 0.701. The summed E-state index contributed by atoms with van der Waals surface area (Å²) < 4.78 is 5.71. The summed E-state index contributed by atoms with van der Waals surface area (Å²) in [7, 11) is 0. The number of carbonyl (C=O) groups is 1. The fourth-order valence-electron chi connectivity index (χ4n) is 2.75. The predicted octanol–water partition coefficient (Wildman–Crippen LogP) is 2.11. The SMILES string of the molecule is CCC(C)C(CO)NC(=O)c1[nH]nc2c1COc1ccccc1-2. The summed E-state index contributed by atoms with van der Waals surface area (Å²) >= 11 is 0. The zero-order chi connectivity index (χ0) is 16.4. The molecule has 2 unspecified atom stereocenters. The highest BCUT2D eigenvalue weighted by Gasteiger charge is 2.27. The summed E-state index contributed by atoms with van der Waals surface area (Å²) in [6.45, 7) is 4.25. The molecule has 2 aromatic rings.